The summed E-state index contributed by atoms with van der Waals surface area (Å²) >= 11 is 0. The van der Waals surface area contributed by atoms with Gasteiger partial charge in [0.25, 0.3) is 0 Å². The number of aromatic nitrogens is 1. The summed E-state index contributed by atoms with van der Waals surface area (Å²) < 4.78 is 18.3. The number of para-hydroxylation sites is 1. The molecule has 3 aromatic carbocycles. The van der Waals surface area contributed by atoms with E-state index in [1.807, 2.05) is 12.1 Å². The zero-order chi connectivity index (χ0) is 25.9. The molecule has 0 spiro atoms. The van der Waals surface area contributed by atoms with Gasteiger partial charge in [-0.1, -0.05) is 54.6 Å². The smallest absolute Gasteiger partial charge is 0.246 e. The van der Waals surface area contributed by atoms with Crippen LogP contribution in [0, 0.1) is 5.82 Å². The fraction of sp³-hybridized carbons (Fsp3) is 0.300. The monoisotopic (exact) mass is 503 g/mol. The van der Waals surface area contributed by atoms with Gasteiger partial charge in [-0.2, -0.15) is 0 Å². The highest BCUT2D eigenvalue weighted by atomic mass is 19.1. The normalized spacial score (nSPS) is 11.3. The minimum absolute atomic E-state index is 0.0189. The van der Waals surface area contributed by atoms with Crippen LogP contribution in [0.4, 0.5) is 4.39 Å². The highest BCUT2D eigenvalue weighted by molar-refractivity contribution is 5.83. The molecule has 3 N–H and O–H groups in total. The number of aliphatic hydroxyl groups excluding tert-OH is 1. The summed E-state index contributed by atoms with van der Waals surface area (Å²) in [4.78, 5) is 17.5. The van der Waals surface area contributed by atoms with Gasteiger partial charge >= 0.3 is 0 Å². The lowest BCUT2D eigenvalue weighted by Gasteiger charge is -2.21. The summed E-state index contributed by atoms with van der Waals surface area (Å²) in [7, 11) is 0. The Bertz CT molecular complexity index is 1260. The molecule has 0 aliphatic rings. The molecule has 1 heterocycles. The number of carbonyl (C=O) groups is 1. The van der Waals surface area contributed by atoms with E-state index in [1.54, 1.807) is 12.1 Å². The standard InChI is InChI=1S/C30H34FN3O3/c31-27-13-11-25(12-14-27)21-37-22-30(36)32-15-3-4-23-7-9-24(10-8-23)19-34(16-17-35)20-26-18-33-29-6-2-1-5-28(26)29/h1-2,5-14,18,33,35H,3-4,15-17,19-22H2,(H,32,36). The molecule has 0 unspecified atom stereocenters. The second-order valence-corrected chi connectivity index (χ2v) is 9.18. The zero-order valence-electron chi connectivity index (χ0n) is 21.0. The number of rotatable bonds is 14. The maximum absolute atomic E-state index is 12.9. The number of ether oxygens (including phenoxy) is 1. The van der Waals surface area contributed by atoms with Gasteiger partial charge in [-0.15, -0.1) is 0 Å². The van der Waals surface area contributed by atoms with Crippen molar-refractivity contribution in [2.24, 2.45) is 0 Å². The SMILES string of the molecule is O=C(COCc1ccc(F)cc1)NCCCc1ccc(CN(CCO)Cc2c[nH]c3ccccc23)cc1. The summed E-state index contributed by atoms with van der Waals surface area (Å²) in [6, 6.07) is 22.8. The Hall–Kier alpha value is -3.52. The van der Waals surface area contributed by atoms with E-state index < -0.39 is 0 Å². The van der Waals surface area contributed by atoms with Crippen LogP contribution in [-0.4, -0.2) is 47.2 Å². The zero-order valence-corrected chi connectivity index (χ0v) is 21.0. The number of nitrogens with one attached hydrogen (secondary N) is 2. The van der Waals surface area contributed by atoms with E-state index in [4.69, 9.17) is 4.74 Å². The van der Waals surface area contributed by atoms with Gasteiger partial charge in [0.15, 0.2) is 0 Å². The molecule has 4 aromatic rings. The van der Waals surface area contributed by atoms with Crippen LogP contribution in [0.5, 0.6) is 0 Å². The van der Waals surface area contributed by atoms with Crippen LogP contribution in [-0.2, 0) is 35.6 Å². The van der Waals surface area contributed by atoms with E-state index in [9.17, 15) is 14.3 Å². The summed E-state index contributed by atoms with van der Waals surface area (Å²) in [5.74, 6) is -0.446. The number of halogens is 1. The molecule has 0 atom stereocenters. The molecular formula is C30H34FN3O3. The Balaban J connectivity index is 1.16. The third-order valence-corrected chi connectivity index (χ3v) is 6.29. The van der Waals surface area contributed by atoms with Crippen molar-refractivity contribution in [3.8, 4) is 0 Å². The van der Waals surface area contributed by atoms with Crippen molar-refractivity contribution >= 4 is 16.8 Å². The number of aliphatic hydroxyl groups is 1. The minimum Gasteiger partial charge on any atom is -0.395 e. The Morgan fingerprint density at radius 2 is 1.68 bits per heavy atom. The number of amides is 1. The average Bonchev–Trinajstić information content (AvgIpc) is 3.31. The van der Waals surface area contributed by atoms with Gasteiger partial charge < -0.3 is 20.1 Å². The summed E-state index contributed by atoms with van der Waals surface area (Å²) in [5, 5.41) is 13.7. The van der Waals surface area contributed by atoms with Crippen LogP contribution >= 0.6 is 0 Å². The maximum Gasteiger partial charge on any atom is 0.246 e. The van der Waals surface area contributed by atoms with Gasteiger partial charge in [-0.05, 0) is 53.3 Å². The topological polar surface area (TPSA) is 77.6 Å². The Morgan fingerprint density at radius 3 is 2.46 bits per heavy atom. The van der Waals surface area contributed by atoms with Gasteiger partial charge in [-0.3, -0.25) is 9.69 Å². The van der Waals surface area contributed by atoms with Crippen molar-refractivity contribution in [2.75, 3.05) is 26.3 Å². The second-order valence-electron chi connectivity index (χ2n) is 9.18. The van der Waals surface area contributed by atoms with Gasteiger partial charge in [0.1, 0.15) is 12.4 Å². The number of aryl methyl sites for hydroxylation is 1. The predicted octanol–water partition coefficient (Wildman–Crippen LogP) is 4.57. The molecule has 1 aromatic heterocycles. The number of hydrogen-bond donors (Lipinski definition) is 3. The lowest BCUT2D eigenvalue weighted by molar-refractivity contribution is -0.126. The molecule has 0 saturated carbocycles. The Labute approximate surface area is 217 Å². The van der Waals surface area contributed by atoms with Crippen molar-refractivity contribution in [2.45, 2.75) is 32.5 Å². The summed E-state index contributed by atoms with van der Waals surface area (Å²) in [6.07, 6.45) is 3.75. The van der Waals surface area contributed by atoms with E-state index in [0.717, 1.165) is 37.0 Å². The molecule has 0 aliphatic carbocycles. The van der Waals surface area contributed by atoms with Crippen LogP contribution in [0.2, 0.25) is 0 Å². The van der Waals surface area contributed by atoms with Crippen molar-refractivity contribution < 1.29 is 19.0 Å². The molecule has 0 bridgehead atoms. The molecular weight excluding hydrogens is 469 g/mol. The summed E-state index contributed by atoms with van der Waals surface area (Å²) in [5.41, 5.74) is 5.60. The Kier molecular flexibility index (Phi) is 9.82. The lowest BCUT2D eigenvalue weighted by atomic mass is 10.1. The summed E-state index contributed by atoms with van der Waals surface area (Å²) in [6.45, 7) is 3.08. The molecule has 0 radical (unpaired) electrons. The van der Waals surface area contributed by atoms with Gasteiger partial charge in [0.2, 0.25) is 5.91 Å². The van der Waals surface area contributed by atoms with Gasteiger partial charge in [-0.25, -0.2) is 4.39 Å². The third kappa shape index (κ3) is 8.25. The van der Waals surface area contributed by atoms with Crippen molar-refractivity contribution in [3.05, 3.63) is 107 Å². The number of fused-ring (bicyclic) bond motifs is 1. The Morgan fingerprint density at radius 1 is 0.946 bits per heavy atom. The predicted molar refractivity (Wildman–Crippen MR) is 143 cm³/mol. The van der Waals surface area contributed by atoms with E-state index in [2.05, 4.69) is 57.8 Å². The first-order valence-corrected chi connectivity index (χ1v) is 12.7. The van der Waals surface area contributed by atoms with Crippen LogP contribution in [0.1, 0.15) is 28.7 Å². The number of aromatic amines is 1. The molecule has 7 heteroatoms. The van der Waals surface area contributed by atoms with Gasteiger partial charge in [0.05, 0.1) is 13.2 Å². The minimum atomic E-state index is -0.291. The second kappa shape index (κ2) is 13.7. The first-order chi connectivity index (χ1) is 18.1. The molecule has 0 aliphatic heterocycles. The third-order valence-electron chi connectivity index (χ3n) is 6.29. The first-order valence-electron chi connectivity index (χ1n) is 12.7. The maximum atomic E-state index is 12.9. The highest BCUT2D eigenvalue weighted by Crippen LogP contribution is 2.20. The number of carbonyl (C=O) groups excluding carboxylic acids is 1. The molecule has 194 valence electrons. The number of nitrogens with zero attached hydrogens (tertiary/aromatic N) is 1. The van der Waals surface area contributed by atoms with Gasteiger partial charge in [0, 0.05) is 43.3 Å². The van der Waals surface area contributed by atoms with E-state index in [1.165, 1.54) is 34.2 Å². The van der Waals surface area contributed by atoms with E-state index in [0.29, 0.717) is 13.1 Å². The van der Waals surface area contributed by atoms with Crippen LogP contribution in [0.15, 0.2) is 79.0 Å². The lowest BCUT2D eigenvalue weighted by Crippen LogP contribution is -2.28. The molecule has 6 nitrogen and oxygen atoms in total. The van der Waals surface area contributed by atoms with Crippen molar-refractivity contribution in [1.29, 1.82) is 0 Å². The quantitative estimate of drug-likeness (QED) is 0.220. The fourth-order valence-electron chi connectivity index (χ4n) is 4.34. The van der Waals surface area contributed by atoms with Crippen LogP contribution in [0.3, 0.4) is 0 Å². The average molecular weight is 504 g/mol. The van der Waals surface area contributed by atoms with E-state index in [-0.39, 0.29) is 31.5 Å². The largest absolute Gasteiger partial charge is 0.395 e. The highest BCUT2D eigenvalue weighted by Gasteiger charge is 2.10. The number of H-pyrrole nitrogens is 1. The van der Waals surface area contributed by atoms with Crippen molar-refractivity contribution in [3.63, 3.8) is 0 Å². The van der Waals surface area contributed by atoms with Crippen LogP contribution in [0.25, 0.3) is 10.9 Å². The molecule has 0 fully saturated rings. The number of benzene rings is 3. The molecule has 4 rings (SSSR count). The molecule has 1 amide bonds. The van der Waals surface area contributed by atoms with Crippen LogP contribution < -0.4 is 5.32 Å². The number of hydrogen-bond acceptors (Lipinski definition) is 4. The van der Waals surface area contributed by atoms with Crippen molar-refractivity contribution in [1.82, 2.24) is 15.2 Å². The van der Waals surface area contributed by atoms with E-state index >= 15 is 0 Å². The molecule has 0 saturated heterocycles. The fourth-order valence-corrected chi connectivity index (χ4v) is 4.34. The first kappa shape index (κ1) is 26.5. The molecule has 37 heavy (non-hydrogen) atoms.